The number of anilines is 1. The Kier molecular flexibility index (Phi) is 3.62. The van der Waals surface area contributed by atoms with Crippen molar-refractivity contribution in [2.75, 3.05) is 12.8 Å². The van der Waals surface area contributed by atoms with Crippen molar-refractivity contribution < 1.29 is 9.26 Å². The molecule has 21 heavy (non-hydrogen) atoms. The summed E-state index contributed by atoms with van der Waals surface area (Å²) in [5.41, 5.74) is 9.22. The molecule has 2 N–H and O–H groups in total. The lowest BCUT2D eigenvalue weighted by molar-refractivity contribution is 0.361. The molecule has 0 atom stereocenters. The second-order valence-corrected chi connectivity index (χ2v) is 5.84. The maximum Gasteiger partial charge on any atom is 0.230 e. The Labute approximate surface area is 125 Å². The van der Waals surface area contributed by atoms with E-state index in [1.54, 1.807) is 7.11 Å². The van der Waals surface area contributed by atoms with E-state index in [0.29, 0.717) is 5.88 Å². The van der Waals surface area contributed by atoms with E-state index in [0.717, 1.165) is 29.0 Å². The van der Waals surface area contributed by atoms with Crippen LogP contribution in [0, 0.1) is 0 Å². The normalized spacial score (nSPS) is 17.0. The summed E-state index contributed by atoms with van der Waals surface area (Å²) >= 11 is 0. The Balaban J connectivity index is 2.07. The van der Waals surface area contributed by atoms with Gasteiger partial charge in [-0.1, -0.05) is 37.1 Å². The summed E-state index contributed by atoms with van der Waals surface area (Å²) in [5, 5.41) is 4.33. The highest BCUT2D eigenvalue weighted by Crippen LogP contribution is 2.48. The lowest BCUT2D eigenvalue weighted by Gasteiger charge is -2.26. The van der Waals surface area contributed by atoms with Gasteiger partial charge in [-0.25, -0.2) is 0 Å². The minimum Gasteiger partial charge on any atom is -0.497 e. The fourth-order valence-electron chi connectivity index (χ4n) is 3.51. The molecule has 1 saturated carbocycles. The van der Waals surface area contributed by atoms with Gasteiger partial charge in [0.15, 0.2) is 0 Å². The number of hydrogen-bond acceptors (Lipinski definition) is 4. The maximum atomic E-state index is 6.06. The first kappa shape index (κ1) is 14.0. The SMILES string of the molecule is CCC1(c2noc(N)c2-c2ccc(OC)cc2)CCCC1. The van der Waals surface area contributed by atoms with E-state index in [4.69, 9.17) is 15.0 Å². The van der Waals surface area contributed by atoms with Crippen LogP contribution in [0.5, 0.6) is 5.75 Å². The monoisotopic (exact) mass is 286 g/mol. The highest BCUT2D eigenvalue weighted by molar-refractivity contribution is 5.76. The van der Waals surface area contributed by atoms with Crippen LogP contribution >= 0.6 is 0 Å². The van der Waals surface area contributed by atoms with Gasteiger partial charge in [0.1, 0.15) is 5.75 Å². The van der Waals surface area contributed by atoms with Gasteiger partial charge in [0.2, 0.25) is 5.88 Å². The quantitative estimate of drug-likeness (QED) is 0.917. The summed E-state index contributed by atoms with van der Waals surface area (Å²) in [6.07, 6.45) is 5.91. The second kappa shape index (κ2) is 5.43. The zero-order valence-electron chi connectivity index (χ0n) is 12.7. The van der Waals surface area contributed by atoms with Crippen molar-refractivity contribution in [3.63, 3.8) is 0 Å². The number of ether oxygens (including phenoxy) is 1. The van der Waals surface area contributed by atoms with Gasteiger partial charge in [0.25, 0.3) is 0 Å². The third kappa shape index (κ3) is 2.28. The molecule has 0 aliphatic heterocycles. The molecular weight excluding hydrogens is 264 g/mol. The molecule has 1 aliphatic rings. The first-order valence-electron chi connectivity index (χ1n) is 7.60. The standard InChI is InChI=1S/C17H22N2O2/c1-3-17(10-4-5-11-17)15-14(16(18)21-19-15)12-6-8-13(20-2)9-7-12/h6-9H,3-5,10-11,18H2,1-2H3. The van der Waals surface area contributed by atoms with Crippen LogP contribution in [0.1, 0.15) is 44.7 Å². The van der Waals surface area contributed by atoms with Crippen LogP contribution in [0.4, 0.5) is 5.88 Å². The molecule has 112 valence electrons. The van der Waals surface area contributed by atoms with E-state index >= 15 is 0 Å². The van der Waals surface area contributed by atoms with Crippen LogP contribution in [0.2, 0.25) is 0 Å². The number of aromatic nitrogens is 1. The number of nitrogens with zero attached hydrogens (tertiary/aromatic N) is 1. The third-order valence-corrected chi connectivity index (χ3v) is 4.84. The smallest absolute Gasteiger partial charge is 0.230 e. The van der Waals surface area contributed by atoms with Crippen molar-refractivity contribution >= 4 is 5.88 Å². The fourth-order valence-corrected chi connectivity index (χ4v) is 3.51. The van der Waals surface area contributed by atoms with Crippen LogP contribution in [0.25, 0.3) is 11.1 Å². The average molecular weight is 286 g/mol. The topological polar surface area (TPSA) is 61.3 Å². The van der Waals surface area contributed by atoms with Crippen molar-refractivity contribution in [2.24, 2.45) is 0 Å². The molecule has 1 fully saturated rings. The Morgan fingerprint density at radius 3 is 2.48 bits per heavy atom. The summed E-state index contributed by atoms with van der Waals surface area (Å²) in [6.45, 7) is 2.23. The Morgan fingerprint density at radius 1 is 1.24 bits per heavy atom. The molecule has 0 bridgehead atoms. The minimum atomic E-state index is 0.121. The van der Waals surface area contributed by atoms with Crippen molar-refractivity contribution in [3.8, 4) is 16.9 Å². The van der Waals surface area contributed by atoms with Crippen LogP contribution in [-0.2, 0) is 5.41 Å². The first-order chi connectivity index (χ1) is 10.2. The third-order valence-electron chi connectivity index (χ3n) is 4.84. The minimum absolute atomic E-state index is 0.121. The van der Waals surface area contributed by atoms with Crippen LogP contribution in [-0.4, -0.2) is 12.3 Å². The van der Waals surface area contributed by atoms with Crippen molar-refractivity contribution in [1.82, 2.24) is 5.16 Å². The number of methoxy groups -OCH3 is 1. The average Bonchev–Trinajstić information content (AvgIpc) is 3.15. The van der Waals surface area contributed by atoms with E-state index in [1.807, 2.05) is 24.3 Å². The zero-order chi connectivity index (χ0) is 14.9. The molecule has 0 radical (unpaired) electrons. The van der Waals surface area contributed by atoms with Crippen LogP contribution < -0.4 is 10.5 Å². The predicted molar refractivity (Wildman–Crippen MR) is 83.3 cm³/mol. The predicted octanol–water partition coefficient (Wildman–Crippen LogP) is 4.15. The highest BCUT2D eigenvalue weighted by Gasteiger charge is 2.39. The zero-order valence-corrected chi connectivity index (χ0v) is 12.7. The molecule has 4 heteroatoms. The van der Waals surface area contributed by atoms with Crippen molar-refractivity contribution in [1.29, 1.82) is 0 Å². The number of benzene rings is 1. The molecule has 1 aliphatic carbocycles. The largest absolute Gasteiger partial charge is 0.497 e. The van der Waals surface area contributed by atoms with E-state index in [-0.39, 0.29) is 5.41 Å². The van der Waals surface area contributed by atoms with Gasteiger partial charge in [0.05, 0.1) is 18.4 Å². The summed E-state index contributed by atoms with van der Waals surface area (Å²) in [4.78, 5) is 0. The first-order valence-corrected chi connectivity index (χ1v) is 7.60. The molecular formula is C17H22N2O2. The summed E-state index contributed by atoms with van der Waals surface area (Å²) in [7, 11) is 1.67. The number of nitrogens with two attached hydrogens (primary N) is 1. The molecule has 2 aromatic rings. The molecule has 0 saturated heterocycles. The Morgan fingerprint density at radius 2 is 1.90 bits per heavy atom. The van der Waals surface area contributed by atoms with Gasteiger partial charge in [-0.05, 0) is 37.0 Å². The highest BCUT2D eigenvalue weighted by atomic mass is 16.5. The van der Waals surface area contributed by atoms with Gasteiger partial charge >= 0.3 is 0 Å². The van der Waals surface area contributed by atoms with Gasteiger partial charge in [-0.15, -0.1) is 0 Å². The second-order valence-electron chi connectivity index (χ2n) is 5.84. The van der Waals surface area contributed by atoms with E-state index in [1.165, 1.54) is 25.7 Å². The van der Waals surface area contributed by atoms with Gasteiger partial charge in [0, 0.05) is 5.41 Å². The van der Waals surface area contributed by atoms with Crippen LogP contribution in [0.15, 0.2) is 28.8 Å². The molecule has 1 heterocycles. The van der Waals surface area contributed by atoms with Gasteiger partial charge in [-0.2, -0.15) is 0 Å². The molecule has 0 spiro atoms. The summed E-state index contributed by atoms with van der Waals surface area (Å²) in [5.74, 6) is 1.25. The van der Waals surface area contributed by atoms with Crippen LogP contribution in [0.3, 0.4) is 0 Å². The molecule has 0 amide bonds. The van der Waals surface area contributed by atoms with Gasteiger partial charge in [-0.3, -0.25) is 0 Å². The number of rotatable bonds is 4. The van der Waals surface area contributed by atoms with Crippen molar-refractivity contribution in [3.05, 3.63) is 30.0 Å². The molecule has 1 aromatic heterocycles. The van der Waals surface area contributed by atoms with E-state index in [2.05, 4.69) is 12.1 Å². The lowest BCUT2D eigenvalue weighted by atomic mass is 9.77. The molecule has 4 nitrogen and oxygen atoms in total. The van der Waals surface area contributed by atoms with E-state index < -0.39 is 0 Å². The summed E-state index contributed by atoms with van der Waals surface area (Å²) in [6, 6.07) is 7.92. The fraction of sp³-hybridized carbons (Fsp3) is 0.471. The number of nitrogen functional groups attached to an aromatic ring is 1. The van der Waals surface area contributed by atoms with Gasteiger partial charge < -0.3 is 15.0 Å². The Bertz CT molecular complexity index is 610. The van der Waals surface area contributed by atoms with Crippen molar-refractivity contribution in [2.45, 2.75) is 44.4 Å². The summed E-state index contributed by atoms with van der Waals surface area (Å²) < 4.78 is 10.6. The number of hydrogen-bond donors (Lipinski definition) is 1. The molecule has 3 rings (SSSR count). The Hall–Kier alpha value is -1.97. The maximum absolute atomic E-state index is 6.06. The van der Waals surface area contributed by atoms with E-state index in [9.17, 15) is 0 Å². The molecule has 1 aromatic carbocycles. The molecule has 0 unspecified atom stereocenters. The lowest BCUT2D eigenvalue weighted by Crippen LogP contribution is -2.22.